The van der Waals surface area contributed by atoms with Crippen molar-refractivity contribution in [3.63, 3.8) is 0 Å². The summed E-state index contributed by atoms with van der Waals surface area (Å²) in [6.45, 7) is 0. The third kappa shape index (κ3) is 4.68. The Labute approximate surface area is 193 Å². The molecular weight excluding hydrogens is 439 g/mol. The minimum absolute atomic E-state index is 0.274. The van der Waals surface area contributed by atoms with E-state index >= 15 is 0 Å². The Morgan fingerprint density at radius 1 is 1.09 bits per heavy atom. The lowest BCUT2D eigenvalue weighted by atomic mass is 9.93. The van der Waals surface area contributed by atoms with Gasteiger partial charge in [-0.25, -0.2) is 14.2 Å². The lowest BCUT2D eigenvalue weighted by Crippen LogP contribution is -2.23. The molecule has 164 valence electrons. The molecule has 7 heteroatoms. The van der Waals surface area contributed by atoms with Gasteiger partial charge >= 0.3 is 5.97 Å². The quantitative estimate of drug-likeness (QED) is 0.397. The van der Waals surface area contributed by atoms with Crippen LogP contribution in [-0.2, 0) is 17.6 Å². The Bertz CT molecular complexity index is 1320. The molecule has 0 aliphatic carbocycles. The number of nitrogens with one attached hydrogen (secondary N) is 1. The second-order valence-corrected chi connectivity index (χ2v) is 8.88. The lowest BCUT2D eigenvalue weighted by Gasteiger charge is -2.25. The Balaban J connectivity index is 1.30. The van der Waals surface area contributed by atoms with Gasteiger partial charge < -0.3 is 4.74 Å². The zero-order valence-electron chi connectivity index (χ0n) is 17.5. The first-order valence-corrected chi connectivity index (χ1v) is 11.3. The van der Waals surface area contributed by atoms with E-state index in [1.807, 2.05) is 30.3 Å². The van der Waals surface area contributed by atoms with Gasteiger partial charge in [-0.1, -0.05) is 42.5 Å². The summed E-state index contributed by atoms with van der Waals surface area (Å²) < 4.78 is 18.7. The summed E-state index contributed by atoms with van der Waals surface area (Å²) in [5.41, 5.74) is 3.60. The van der Waals surface area contributed by atoms with E-state index in [2.05, 4.69) is 10.3 Å². The molecule has 0 unspecified atom stereocenters. The van der Waals surface area contributed by atoms with Gasteiger partial charge in [0, 0.05) is 29.5 Å². The van der Waals surface area contributed by atoms with Crippen LogP contribution in [0.1, 0.15) is 48.4 Å². The predicted octanol–water partition coefficient (Wildman–Crippen LogP) is 5.58. The van der Waals surface area contributed by atoms with Crippen LogP contribution in [0.4, 0.5) is 9.52 Å². The number of hydrogen-bond acceptors (Lipinski definition) is 5. The molecule has 1 atom stereocenters. The summed E-state index contributed by atoms with van der Waals surface area (Å²) in [5.74, 6) is -0.956. The largest absolute Gasteiger partial charge is 0.454 e. The van der Waals surface area contributed by atoms with Crippen LogP contribution in [0.2, 0.25) is 0 Å². The fourth-order valence-corrected chi connectivity index (χ4v) is 4.65. The third-order valence-corrected chi connectivity index (χ3v) is 6.39. The van der Waals surface area contributed by atoms with Crippen LogP contribution in [-0.4, -0.2) is 16.9 Å². The van der Waals surface area contributed by atoms with E-state index in [0.717, 1.165) is 21.6 Å². The minimum atomic E-state index is -0.387. The number of amides is 1. The van der Waals surface area contributed by atoms with Crippen molar-refractivity contribution in [1.29, 1.82) is 0 Å². The second-order valence-electron chi connectivity index (χ2n) is 7.77. The Kier molecular flexibility index (Phi) is 5.71. The number of hydrogen-bond donors (Lipinski definition) is 1. The van der Waals surface area contributed by atoms with Gasteiger partial charge in [0.05, 0.1) is 5.56 Å². The van der Waals surface area contributed by atoms with Crippen molar-refractivity contribution in [2.24, 2.45) is 0 Å². The van der Waals surface area contributed by atoms with E-state index in [4.69, 9.17) is 4.74 Å². The second kappa shape index (κ2) is 8.96. The molecule has 33 heavy (non-hydrogen) atoms. The zero-order chi connectivity index (χ0) is 22.8. The van der Waals surface area contributed by atoms with Crippen LogP contribution in [0.3, 0.4) is 0 Å². The molecule has 1 N–H and O–H groups in total. The third-order valence-electron chi connectivity index (χ3n) is 5.48. The molecule has 0 saturated heterocycles. The van der Waals surface area contributed by atoms with Gasteiger partial charge in [-0.15, -0.1) is 11.3 Å². The standard InChI is InChI=1S/C26H19FN2O3S/c27-20-9-6-16(7-10-20)12-21-15-28-26(33-21)29-24(30)18-8-11-22-19(13-18)14-23(32-25(22)31)17-4-2-1-3-5-17/h1-11,13,15,23H,12,14H2,(H,28,29,30)/t23-/m1/s1. The molecule has 1 amide bonds. The summed E-state index contributed by atoms with van der Waals surface area (Å²) in [6, 6.07) is 20.9. The van der Waals surface area contributed by atoms with Crippen molar-refractivity contribution in [1.82, 2.24) is 4.98 Å². The molecule has 3 aromatic carbocycles. The smallest absolute Gasteiger partial charge is 0.339 e. The summed E-state index contributed by atoms with van der Waals surface area (Å²) in [4.78, 5) is 30.5. The van der Waals surface area contributed by atoms with Gasteiger partial charge in [-0.2, -0.15) is 0 Å². The summed E-state index contributed by atoms with van der Waals surface area (Å²) >= 11 is 1.37. The first kappa shape index (κ1) is 21.0. The monoisotopic (exact) mass is 458 g/mol. The van der Waals surface area contributed by atoms with Gasteiger partial charge in [0.25, 0.3) is 5.91 Å². The van der Waals surface area contributed by atoms with Crippen LogP contribution in [0.5, 0.6) is 0 Å². The molecule has 0 bridgehead atoms. The fourth-order valence-electron chi connectivity index (χ4n) is 3.81. The number of esters is 1. The van der Waals surface area contributed by atoms with Crippen molar-refractivity contribution in [3.05, 3.63) is 118 Å². The molecule has 5 nitrogen and oxygen atoms in total. The molecule has 1 aliphatic rings. The molecule has 4 aromatic rings. The van der Waals surface area contributed by atoms with E-state index in [0.29, 0.717) is 29.1 Å². The number of carbonyl (C=O) groups is 2. The van der Waals surface area contributed by atoms with Gasteiger partial charge in [-0.05, 0) is 47.0 Å². The van der Waals surface area contributed by atoms with Crippen molar-refractivity contribution in [2.75, 3.05) is 5.32 Å². The van der Waals surface area contributed by atoms with Crippen LogP contribution in [0.25, 0.3) is 0 Å². The maximum absolute atomic E-state index is 13.1. The number of halogens is 1. The Morgan fingerprint density at radius 2 is 1.88 bits per heavy atom. The van der Waals surface area contributed by atoms with E-state index in [9.17, 15) is 14.0 Å². The Hall–Kier alpha value is -3.84. The molecule has 1 aromatic heterocycles. The molecule has 0 spiro atoms. The molecule has 0 saturated carbocycles. The van der Waals surface area contributed by atoms with Crippen molar-refractivity contribution in [3.8, 4) is 0 Å². The number of carbonyl (C=O) groups excluding carboxylic acids is 2. The number of rotatable bonds is 5. The Morgan fingerprint density at radius 3 is 2.67 bits per heavy atom. The number of thiazole rings is 1. The predicted molar refractivity (Wildman–Crippen MR) is 124 cm³/mol. The number of ether oxygens (including phenoxy) is 1. The first-order valence-electron chi connectivity index (χ1n) is 10.4. The highest BCUT2D eigenvalue weighted by molar-refractivity contribution is 7.15. The average molecular weight is 459 g/mol. The molecule has 0 radical (unpaired) electrons. The van der Waals surface area contributed by atoms with Crippen molar-refractivity contribution >= 4 is 28.3 Å². The van der Waals surface area contributed by atoms with E-state index < -0.39 is 0 Å². The minimum Gasteiger partial charge on any atom is -0.454 e. The highest BCUT2D eigenvalue weighted by Crippen LogP contribution is 2.31. The number of aromatic nitrogens is 1. The maximum atomic E-state index is 13.1. The number of anilines is 1. The SMILES string of the molecule is O=C(Nc1ncc(Cc2ccc(F)cc2)s1)c1ccc2c(c1)C[C@H](c1ccccc1)OC2=O. The van der Waals surface area contributed by atoms with Gasteiger partial charge in [0.15, 0.2) is 5.13 Å². The maximum Gasteiger partial charge on any atom is 0.339 e. The summed E-state index contributed by atoms with van der Waals surface area (Å²) in [5, 5.41) is 3.31. The summed E-state index contributed by atoms with van der Waals surface area (Å²) in [7, 11) is 0. The average Bonchev–Trinajstić information content (AvgIpc) is 3.27. The van der Waals surface area contributed by atoms with Gasteiger partial charge in [0.2, 0.25) is 0 Å². The topological polar surface area (TPSA) is 68.3 Å². The number of nitrogens with zero attached hydrogens (tertiary/aromatic N) is 1. The fraction of sp³-hybridized carbons (Fsp3) is 0.115. The molecule has 0 fully saturated rings. The van der Waals surface area contributed by atoms with E-state index in [1.165, 1.54) is 23.5 Å². The van der Waals surface area contributed by atoms with Crippen LogP contribution >= 0.6 is 11.3 Å². The highest BCUT2D eigenvalue weighted by Gasteiger charge is 2.28. The molecule has 2 heterocycles. The molecular formula is C26H19FN2O3S. The normalized spacial score (nSPS) is 14.9. The molecule has 5 rings (SSSR count). The van der Waals surface area contributed by atoms with Crippen LogP contribution in [0, 0.1) is 5.82 Å². The van der Waals surface area contributed by atoms with Gasteiger partial charge in [-0.3, -0.25) is 10.1 Å². The lowest BCUT2D eigenvalue weighted by molar-refractivity contribution is 0.0252. The summed E-state index contributed by atoms with van der Waals surface area (Å²) in [6.07, 6.45) is 2.44. The highest BCUT2D eigenvalue weighted by atomic mass is 32.1. The van der Waals surface area contributed by atoms with Gasteiger partial charge in [0.1, 0.15) is 11.9 Å². The van der Waals surface area contributed by atoms with Crippen LogP contribution in [0.15, 0.2) is 79.0 Å². The van der Waals surface area contributed by atoms with E-state index in [-0.39, 0.29) is 23.8 Å². The van der Waals surface area contributed by atoms with Crippen LogP contribution < -0.4 is 5.32 Å². The van der Waals surface area contributed by atoms with Crippen molar-refractivity contribution in [2.45, 2.75) is 18.9 Å². The number of fused-ring (bicyclic) bond motifs is 1. The van der Waals surface area contributed by atoms with Crippen molar-refractivity contribution < 1.29 is 18.7 Å². The number of cyclic esters (lactones) is 1. The zero-order valence-corrected chi connectivity index (χ0v) is 18.3. The number of benzene rings is 3. The molecule has 1 aliphatic heterocycles. The first-order chi connectivity index (χ1) is 16.0. The van der Waals surface area contributed by atoms with E-state index in [1.54, 1.807) is 36.5 Å².